The van der Waals surface area contributed by atoms with E-state index in [9.17, 15) is 5.11 Å². The average Bonchev–Trinajstić information content (AvgIpc) is 3.03. The van der Waals surface area contributed by atoms with Crippen LogP contribution in [0.2, 0.25) is 18.1 Å². The van der Waals surface area contributed by atoms with Gasteiger partial charge in [-0.2, -0.15) is 0 Å². The summed E-state index contributed by atoms with van der Waals surface area (Å²) in [6, 6.07) is 0. The largest absolute Gasteiger partial charge is 0.411 e. The highest BCUT2D eigenvalue weighted by Gasteiger charge is 2.70. The van der Waals surface area contributed by atoms with E-state index in [1.165, 1.54) is 6.42 Å². The molecule has 3 rings (SSSR count). The molecule has 3 fully saturated rings. The first kappa shape index (κ1) is 19.8. The van der Waals surface area contributed by atoms with E-state index in [2.05, 4.69) is 61.6 Å². The number of hydrogen-bond acceptors (Lipinski definition) is 3. The molecule has 4 unspecified atom stereocenters. The molecular formula is C21H40O3Si. The molecule has 0 aromatic carbocycles. The molecule has 146 valence electrons. The zero-order chi connectivity index (χ0) is 19.0. The number of epoxide rings is 1. The van der Waals surface area contributed by atoms with Gasteiger partial charge in [0.1, 0.15) is 0 Å². The zero-order valence-corrected chi connectivity index (χ0v) is 18.8. The molecule has 0 amide bonds. The quantitative estimate of drug-likeness (QED) is 0.564. The molecule has 3 aliphatic rings. The number of hydrogen-bond donors (Lipinski definition) is 1. The van der Waals surface area contributed by atoms with Crippen molar-refractivity contribution in [1.29, 1.82) is 0 Å². The molecule has 0 aromatic heterocycles. The monoisotopic (exact) mass is 368 g/mol. The first-order chi connectivity index (χ1) is 11.2. The smallest absolute Gasteiger partial charge is 0.192 e. The van der Waals surface area contributed by atoms with Crippen molar-refractivity contribution in [2.24, 2.45) is 23.7 Å². The zero-order valence-electron chi connectivity index (χ0n) is 17.8. The third-order valence-corrected chi connectivity index (χ3v) is 12.8. The Morgan fingerprint density at radius 2 is 1.80 bits per heavy atom. The van der Waals surface area contributed by atoms with Crippen molar-refractivity contribution in [3.05, 3.63) is 0 Å². The molecule has 7 atom stereocenters. The van der Waals surface area contributed by atoms with E-state index in [0.29, 0.717) is 29.8 Å². The molecule has 0 spiro atoms. The summed E-state index contributed by atoms with van der Waals surface area (Å²) in [4.78, 5) is 0. The van der Waals surface area contributed by atoms with Crippen LogP contribution in [0.3, 0.4) is 0 Å². The minimum Gasteiger partial charge on any atom is -0.411 e. The van der Waals surface area contributed by atoms with Crippen LogP contribution < -0.4 is 0 Å². The van der Waals surface area contributed by atoms with E-state index in [0.717, 1.165) is 12.8 Å². The van der Waals surface area contributed by atoms with Crippen LogP contribution in [0, 0.1) is 23.7 Å². The van der Waals surface area contributed by atoms with Crippen molar-refractivity contribution in [3.8, 4) is 0 Å². The first-order valence-electron chi connectivity index (χ1n) is 10.3. The average molecular weight is 369 g/mol. The molecule has 0 bridgehead atoms. The summed E-state index contributed by atoms with van der Waals surface area (Å²) in [5, 5.41) is 11.9. The van der Waals surface area contributed by atoms with Gasteiger partial charge in [0.15, 0.2) is 8.32 Å². The van der Waals surface area contributed by atoms with Crippen molar-refractivity contribution in [3.63, 3.8) is 0 Å². The summed E-state index contributed by atoms with van der Waals surface area (Å²) in [7, 11) is -1.96. The van der Waals surface area contributed by atoms with Gasteiger partial charge in [-0.25, -0.2) is 0 Å². The molecule has 4 heteroatoms. The summed E-state index contributed by atoms with van der Waals surface area (Å²) >= 11 is 0. The van der Waals surface area contributed by atoms with Gasteiger partial charge >= 0.3 is 0 Å². The van der Waals surface area contributed by atoms with Crippen LogP contribution >= 0.6 is 0 Å². The topological polar surface area (TPSA) is 42.0 Å². The third kappa shape index (κ3) is 2.96. The lowest BCUT2D eigenvalue weighted by Gasteiger charge is -2.46. The molecule has 0 aromatic rings. The lowest BCUT2D eigenvalue weighted by molar-refractivity contribution is -0.115. The van der Waals surface area contributed by atoms with Gasteiger partial charge in [0, 0.05) is 6.42 Å². The summed E-state index contributed by atoms with van der Waals surface area (Å²) in [6.45, 7) is 20.4. The molecule has 3 nitrogen and oxygen atoms in total. The van der Waals surface area contributed by atoms with Gasteiger partial charge in [0.2, 0.25) is 0 Å². The van der Waals surface area contributed by atoms with E-state index in [-0.39, 0.29) is 16.7 Å². The summed E-state index contributed by atoms with van der Waals surface area (Å²) in [5.74, 6) is 1.87. The van der Waals surface area contributed by atoms with Gasteiger partial charge in [-0.05, 0) is 61.6 Å². The van der Waals surface area contributed by atoms with Crippen molar-refractivity contribution >= 4 is 8.32 Å². The highest BCUT2D eigenvalue weighted by atomic mass is 28.4. The van der Waals surface area contributed by atoms with E-state index < -0.39 is 13.9 Å². The summed E-state index contributed by atoms with van der Waals surface area (Å²) < 4.78 is 13.3. The van der Waals surface area contributed by atoms with Crippen molar-refractivity contribution in [1.82, 2.24) is 0 Å². The van der Waals surface area contributed by atoms with Crippen LogP contribution in [0.4, 0.5) is 0 Å². The SMILES string of the molecule is CC1CC[C@@H]2[C@@H]1[C@H]1OC1(C(C)C)CC(O[Si](C)(C)C(C)(C)C)C2(C)O. The van der Waals surface area contributed by atoms with Crippen LogP contribution in [0.1, 0.15) is 67.7 Å². The van der Waals surface area contributed by atoms with Gasteiger partial charge in [0.05, 0.1) is 23.4 Å². The van der Waals surface area contributed by atoms with Crippen molar-refractivity contribution in [2.45, 2.75) is 109 Å². The van der Waals surface area contributed by atoms with Crippen molar-refractivity contribution < 1.29 is 14.3 Å². The highest BCUT2D eigenvalue weighted by Crippen LogP contribution is 2.63. The predicted molar refractivity (Wildman–Crippen MR) is 105 cm³/mol. The van der Waals surface area contributed by atoms with Crippen LogP contribution in [0.25, 0.3) is 0 Å². The minimum atomic E-state index is -1.96. The second-order valence-electron chi connectivity index (χ2n) is 11.2. The van der Waals surface area contributed by atoms with Gasteiger partial charge in [0.25, 0.3) is 0 Å². The molecule has 1 aliphatic heterocycles. The molecule has 2 aliphatic carbocycles. The maximum absolute atomic E-state index is 11.7. The van der Waals surface area contributed by atoms with Crippen LogP contribution in [-0.2, 0) is 9.16 Å². The first-order valence-corrected chi connectivity index (χ1v) is 13.2. The Labute approximate surface area is 156 Å². The Kier molecular flexibility index (Phi) is 4.60. The third-order valence-electron chi connectivity index (χ3n) is 8.30. The maximum atomic E-state index is 11.7. The molecule has 2 saturated carbocycles. The molecule has 25 heavy (non-hydrogen) atoms. The van der Waals surface area contributed by atoms with E-state index in [1.54, 1.807) is 0 Å². The highest BCUT2D eigenvalue weighted by molar-refractivity contribution is 6.74. The second kappa shape index (κ2) is 5.80. The predicted octanol–water partition coefficient (Wildman–Crippen LogP) is 4.99. The molecule has 1 saturated heterocycles. The fraction of sp³-hybridized carbons (Fsp3) is 1.00. The number of aliphatic hydroxyl groups is 1. The van der Waals surface area contributed by atoms with Crippen LogP contribution in [-0.4, -0.2) is 36.8 Å². The van der Waals surface area contributed by atoms with Gasteiger partial charge in [-0.3, -0.25) is 0 Å². The Hall–Kier alpha value is 0.0969. The normalized spacial score (nSPS) is 47.4. The Bertz CT molecular complexity index is 522. The maximum Gasteiger partial charge on any atom is 0.192 e. The molecular weight excluding hydrogens is 328 g/mol. The lowest BCUT2D eigenvalue weighted by Crippen LogP contribution is -2.55. The van der Waals surface area contributed by atoms with Gasteiger partial charge in [-0.15, -0.1) is 0 Å². The Morgan fingerprint density at radius 1 is 1.20 bits per heavy atom. The summed E-state index contributed by atoms with van der Waals surface area (Å²) in [6.07, 6.45) is 3.33. The molecule has 0 radical (unpaired) electrons. The lowest BCUT2D eigenvalue weighted by atomic mass is 9.76. The second-order valence-corrected chi connectivity index (χ2v) is 15.9. The Morgan fingerprint density at radius 3 is 2.32 bits per heavy atom. The van der Waals surface area contributed by atoms with E-state index >= 15 is 0 Å². The number of ether oxygens (including phenoxy) is 1. The minimum absolute atomic E-state index is 0.0883. The number of rotatable bonds is 3. The standard InChI is InChI=1S/C21H40O3Si/c1-13(2)21-12-16(24-25(8,9)19(4,5)6)20(7,22)15-11-10-14(3)17(15)18(21)23-21/h13-18,22H,10-12H2,1-9H3/t14?,15-,16?,17-,18-,20?,21?/m1/s1. The van der Waals surface area contributed by atoms with Crippen LogP contribution in [0.5, 0.6) is 0 Å². The van der Waals surface area contributed by atoms with Gasteiger partial charge in [-0.1, -0.05) is 41.5 Å². The number of fused-ring (bicyclic) bond motifs is 3. The van der Waals surface area contributed by atoms with E-state index in [4.69, 9.17) is 9.16 Å². The molecule has 1 N–H and O–H groups in total. The van der Waals surface area contributed by atoms with Crippen molar-refractivity contribution in [2.75, 3.05) is 0 Å². The Balaban J connectivity index is 1.97. The van der Waals surface area contributed by atoms with Gasteiger partial charge < -0.3 is 14.3 Å². The molecule has 1 heterocycles. The fourth-order valence-corrected chi connectivity index (χ4v) is 6.70. The van der Waals surface area contributed by atoms with Crippen LogP contribution in [0.15, 0.2) is 0 Å². The summed E-state index contributed by atoms with van der Waals surface area (Å²) in [5.41, 5.74) is -0.849. The fourth-order valence-electron chi connectivity index (χ4n) is 5.31. The van der Waals surface area contributed by atoms with E-state index in [1.807, 2.05) is 0 Å².